The summed E-state index contributed by atoms with van der Waals surface area (Å²) in [7, 11) is 0. The van der Waals surface area contributed by atoms with Gasteiger partial charge in [-0.25, -0.2) is 0 Å². The fourth-order valence-electron chi connectivity index (χ4n) is 0.408. The number of carbonyl (C=O) groups is 6. The van der Waals surface area contributed by atoms with Crippen LogP contribution in [0.25, 0.3) is 0 Å². The minimum Gasteiger partial charge on any atom is -0.545 e. The summed E-state index contributed by atoms with van der Waals surface area (Å²) in [6.07, 6.45) is 2.31. The summed E-state index contributed by atoms with van der Waals surface area (Å²) in [6.45, 7) is 0. The average Bonchev–Trinajstić information content (AvgIpc) is 2.42. The number of hydrogen-bond acceptors (Lipinski definition) is 12. The van der Waals surface area contributed by atoms with Gasteiger partial charge in [-0.1, -0.05) is 0 Å². The first kappa shape index (κ1) is 34.9. The van der Waals surface area contributed by atoms with E-state index >= 15 is 0 Å². The van der Waals surface area contributed by atoms with Crippen LogP contribution in [0.15, 0.2) is 36.5 Å². The minimum atomic E-state index is -1.55. The molecule has 0 aromatic rings. The molecule has 26 heavy (non-hydrogen) atoms. The molecule has 0 aliphatic heterocycles. The van der Waals surface area contributed by atoms with Gasteiger partial charge in [0.05, 0.1) is 35.8 Å². The second-order valence-electron chi connectivity index (χ2n) is 2.91. The Morgan fingerprint density at radius 2 is 0.423 bits per heavy atom. The van der Waals surface area contributed by atoms with Crippen molar-refractivity contribution >= 4 is 84.7 Å². The molecule has 0 atom stereocenters. The predicted octanol–water partition coefficient (Wildman–Crippen LogP) is -9.63. The first-order chi connectivity index (χ1) is 10.9. The van der Waals surface area contributed by atoms with Crippen molar-refractivity contribution < 1.29 is 59.4 Å². The number of carboxylic acids is 6. The van der Waals surface area contributed by atoms with Crippen molar-refractivity contribution in [2.45, 2.75) is 0 Å². The van der Waals surface area contributed by atoms with Crippen molar-refractivity contribution in [3.8, 4) is 0 Å². The van der Waals surface area contributed by atoms with Crippen LogP contribution in [0.5, 0.6) is 0 Å². The Hall–Kier alpha value is -2.32. The quantitative estimate of drug-likeness (QED) is 0.208. The van der Waals surface area contributed by atoms with Gasteiger partial charge in [-0.3, -0.25) is 0 Å². The molecule has 12 nitrogen and oxygen atoms in total. The molecule has 14 heteroatoms. The van der Waals surface area contributed by atoms with Crippen molar-refractivity contribution in [3.05, 3.63) is 36.5 Å². The second-order valence-corrected chi connectivity index (χ2v) is 2.91. The molecule has 0 N–H and O–H groups in total. The molecule has 0 saturated heterocycles. The smallest absolute Gasteiger partial charge is 0.545 e. The molecule has 0 aliphatic rings. The third-order valence-electron chi connectivity index (χ3n) is 1.07. The summed E-state index contributed by atoms with van der Waals surface area (Å²) in [4.78, 5) is 56.5. The van der Waals surface area contributed by atoms with Crippen LogP contribution in [-0.4, -0.2) is 84.7 Å². The SMILES string of the molecule is O=C([O-])C=CC(=O)[O-].O=C([O-])C=CC(=O)[O-].O=C([O-])C=CC(=O)[O-].[Sb+3].[Sb+3]. The van der Waals surface area contributed by atoms with Crippen molar-refractivity contribution in [2.75, 3.05) is 0 Å². The average molecular weight is 586 g/mol. The Bertz CT molecular complexity index is 448. The first-order valence-corrected chi connectivity index (χ1v) is 5.18. The minimum absolute atomic E-state index is 0. The number of aliphatic carboxylic acids is 6. The summed E-state index contributed by atoms with van der Waals surface area (Å²) in [6, 6.07) is 0. The topological polar surface area (TPSA) is 241 Å². The summed E-state index contributed by atoms with van der Waals surface area (Å²) in [5, 5.41) is 56.5. The molecule has 0 amide bonds. The van der Waals surface area contributed by atoms with E-state index in [-0.39, 0.29) is 48.9 Å². The first-order valence-electron chi connectivity index (χ1n) is 5.18. The van der Waals surface area contributed by atoms with Crippen molar-refractivity contribution in [2.24, 2.45) is 0 Å². The molecule has 0 bridgehead atoms. The molecule has 0 aliphatic carbocycles. The van der Waals surface area contributed by atoms with Crippen molar-refractivity contribution in [1.82, 2.24) is 0 Å². The largest absolute Gasteiger partial charge is 3.00 e. The van der Waals surface area contributed by atoms with Crippen LogP contribution in [0.3, 0.4) is 0 Å². The van der Waals surface area contributed by atoms with Gasteiger partial charge in [0.25, 0.3) is 0 Å². The third-order valence-corrected chi connectivity index (χ3v) is 1.07. The Labute approximate surface area is 180 Å². The van der Waals surface area contributed by atoms with E-state index in [0.29, 0.717) is 36.5 Å². The molecule has 0 rings (SSSR count). The van der Waals surface area contributed by atoms with E-state index < -0.39 is 35.8 Å². The molecule has 0 saturated carbocycles. The van der Waals surface area contributed by atoms with E-state index in [9.17, 15) is 59.4 Å². The molecule has 136 valence electrons. The summed E-state index contributed by atoms with van der Waals surface area (Å²) in [5.74, 6) is -9.28. The van der Waals surface area contributed by atoms with E-state index in [1.54, 1.807) is 0 Å². The van der Waals surface area contributed by atoms with Gasteiger partial charge in [0.1, 0.15) is 0 Å². The number of rotatable bonds is 6. The van der Waals surface area contributed by atoms with Gasteiger partial charge in [-0.2, -0.15) is 0 Å². The van der Waals surface area contributed by atoms with Gasteiger partial charge >= 0.3 is 48.9 Å². The fourth-order valence-corrected chi connectivity index (χ4v) is 0.408. The third kappa shape index (κ3) is 57.7. The predicted molar refractivity (Wildman–Crippen MR) is 69.0 cm³/mol. The van der Waals surface area contributed by atoms with Gasteiger partial charge in [0, 0.05) is 0 Å². The molecule has 0 aromatic heterocycles. The maximum Gasteiger partial charge on any atom is 3.00 e. The van der Waals surface area contributed by atoms with Crippen LogP contribution in [0.2, 0.25) is 0 Å². The zero-order chi connectivity index (χ0) is 19.7. The maximum absolute atomic E-state index is 9.41. The molecular formula is C12H6O12Sb2. The zero-order valence-corrected chi connectivity index (χ0v) is 17.4. The van der Waals surface area contributed by atoms with Crippen LogP contribution in [0, 0.1) is 0 Å². The van der Waals surface area contributed by atoms with Gasteiger partial charge in [0.2, 0.25) is 0 Å². The number of hydrogen-bond donors (Lipinski definition) is 0. The molecule has 0 heterocycles. The Balaban J connectivity index is -0.0000000817. The van der Waals surface area contributed by atoms with Crippen LogP contribution in [0.4, 0.5) is 0 Å². The maximum atomic E-state index is 9.41. The van der Waals surface area contributed by atoms with Crippen LogP contribution in [0.1, 0.15) is 0 Å². The standard InChI is InChI=1S/3C4H4O4.2Sb/c3*5-3(6)1-2-4(7)8;;/h3*1-2H,(H,5,6)(H,7,8);;/q;;;2*+3/p-6. The monoisotopic (exact) mass is 584 g/mol. The Kier molecular flexibility index (Phi) is 30.4. The van der Waals surface area contributed by atoms with Gasteiger partial charge < -0.3 is 59.4 Å². The van der Waals surface area contributed by atoms with Crippen molar-refractivity contribution in [3.63, 3.8) is 0 Å². The normalized spacial score (nSPS) is 8.77. The van der Waals surface area contributed by atoms with E-state index in [4.69, 9.17) is 0 Å². The molecule has 0 fully saturated rings. The van der Waals surface area contributed by atoms with Gasteiger partial charge in [0.15, 0.2) is 0 Å². The molecule has 0 unspecified atom stereocenters. The van der Waals surface area contributed by atoms with Gasteiger partial charge in [-0.15, -0.1) is 0 Å². The number of carboxylic acid groups (broad SMARTS) is 6. The van der Waals surface area contributed by atoms with Crippen LogP contribution < -0.4 is 30.6 Å². The Morgan fingerprint density at radius 1 is 0.346 bits per heavy atom. The Morgan fingerprint density at radius 3 is 0.462 bits per heavy atom. The summed E-state index contributed by atoms with van der Waals surface area (Å²) >= 11 is 0. The molecular weight excluding hydrogens is 580 g/mol. The van der Waals surface area contributed by atoms with E-state index in [0.717, 1.165) is 0 Å². The summed E-state index contributed by atoms with van der Waals surface area (Å²) < 4.78 is 0. The fraction of sp³-hybridized carbons (Fsp3) is 0. The molecule has 4 radical (unpaired) electrons. The van der Waals surface area contributed by atoms with Crippen LogP contribution >= 0.6 is 0 Å². The van der Waals surface area contributed by atoms with Crippen LogP contribution in [-0.2, 0) is 28.8 Å². The summed E-state index contributed by atoms with van der Waals surface area (Å²) in [5.41, 5.74) is 0. The van der Waals surface area contributed by atoms with E-state index in [2.05, 4.69) is 0 Å². The second kappa shape index (κ2) is 22.7. The van der Waals surface area contributed by atoms with Crippen molar-refractivity contribution in [1.29, 1.82) is 0 Å². The van der Waals surface area contributed by atoms with E-state index in [1.165, 1.54) is 0 Å². The zero-order valence-electron chi connectivity index (χ0n) is 12.3. The van der Waals surface area contributed by atoms with Gasteiger partial charge in [-0.05, 0) is 36.5 Å². The molecule has 0 spiro atoms. The number of carbonyl (C=O) groups excluding carboxylic acids is 6. The molecule has 0 aromatic carbocycles. The van der Waals surface area contributed by atoms with E-state index in [1.807, 2.05) is 0 Å².